The maximum absolute atomic E-state index is 12.3. The molecule has 0 aliphatic carbocycles. The number of nitrogens with zero attached hydrogens (tertiary/aromatic N) is 3. The Kier molecular flexibility index (Phi) is 10.1. The highest BCUT2D eigenvalue weighted by Gasteiger charge is 2.24. The summed E-state index contributed by atoms with van der Waals surface area (Å²) in [6, 6.07) is 4.16. The summed E-state index contributed by atoms with van der Waals surface area (Å²) in [5, 5.41) is 6.55. The fraction of sp³-hybridized carbons (Fsp3) is 0.700. The van der Waals surface area contributed by atoms with Gasteiger partial charge in [0.25, 0.3) is 0 Å². The SMILES string of the molecule is CN=C(NCC(=O)N1CCCCC1)NCC(c1ccco1)N1CCCCC1.I. The molecule has 8 heteroatoms. The van der Waals surface area contributed by atoms with Gasteiger partial charge in [-0.3, -0.25) is 14.7 Å². The van der Waals surface area contributed by atoms with Crippen LogP contribution in [0.3, 0.4) is 0 Å². The van der Waals surface area contributed by atoms with Crippen LogP contribution in [-0.4, -0.2) is 68.0 Å². The number of likely N-dealkylation sites (tertiary alicyclic amines) is 2. The largest absolute Gasteiger partial charge is 0.468 e. The highest BCUT2D eigenvalue weighted by Crippen LogP contribution is 2.24. The van der Waals surface area contributed by atoms with Gasteiger partial charge in [0.1, 0.15) is 5.76 Å². The van der Waals surface area contributed by atoms with E-state index in [-0.39, 0.29) is 42.5 Å². The molecule has 2 fully saturated rings. The van der Waals surface area contributed by atoms with Crippen molar-refractivity contribution in [2.45, 2.75) is 44.6 Å². The third-order valence-corrected chi connectivity index (χ3v) is 5.51. The van der Waals surface area contributed by atoms with Crippen LogP contribution in [0.1, 0.15) is 50.3 Å². The first-order chi connectivity index (χ1) is 13.3. The second-order valence-corrected chi connectivity index (χ2v) is 7.38. The standard InChI is InChI=1S/C20H33N5O2.HI/c1-21-20(23-16-19(26)25-12-6-3-7-13-25)22-15-17(18-9-8-14-27-18)24-10-4-2-5-11-24;/h8-9,14,17H,2-7,10-13,15-16H2,1H3,(H2,21,22,23);1H. The lowest BCUT2D eigenvalue weighted by atomic mass is 10.1. The second kappa shape index (κ2) is 12.3. The molecule has 1 unspecified atom stereocenters. The molecule has 2 saturated heterocycles. The van der Waals surface area contributed by atoms with Gasteiger partial charge in [-0.25, -0.2) is 0 Å². The van der Waals surface area contributed by atoms with Crippen LogP contribution in [0, 0.1) is 0 Å². The maximum atomic E-state index is 12.3. The van der Waals surface area contributed by atoms with Crippen LogP contribution in [0.25, 0.3) is 0 Å². The van der Waals surface area contributed by atoms with Crippen molar-refractivity contribution in [2.24, 2.45) is 4.99 Å². The van der Waals surface area contributed by atoms with Crippen molar-refractivity contribution in [3.8, 4) is 0 Å². The second-order valence-electron chi connectivity index (χ2n) is 7.38. The molecule has 2 N–H and O–H groups in total. The molecule has 0 spiro atoms. The van der Waals surface area contributed by atoms with E-state index in [1.807, 2.05) is 17.0 Å². The molecule has 3 heterocycles. The van der Waals surface area contributed by atoms with Gasteiger partial charge in [0.2, 0.25) is 5.91 Å². The van der Waals surface area contributed by atoms with E-state index in [0.29, 0.717) is 12.5 Å². The molecule has 1 atom stereocenters. The zero-order chi connectivity index (χ0) is 18.9. The van der Waals surface area contributed by atoms with Crippen molar-refractivity contribution in [3.05, 3.63) is 24.2 Å². The minimum Gasteiger partial charge on any atom is -0.468 e. The number of carbonyl (C=O) groups excluding carboxylic acids is 1. The molecule has 0 radical (unpaired) electrons. The van der Waals surface area contributed by atoms with Crippen molar-refractivity contribution in [2.75, 3.05) is 46.3 Å². The Labute approximate surface area is 185 Å². The zero-order valence-corrected chi connectivity index (χ0v) is 19.2. The number of carbonyl (C=O) groups is 1. The van der Waals surface area contributed by atoms with Crippen LogP contribution in [-0.2, 0) is 4.79 Å². The fourth-order valence-corrected chi connectivity index (χ4v) is 3.95. The first-order valence-corrected chi connectivity index (χ1v) is 10.3. The Morgan fingerprint density at radius 3 is 2.39 bits per heavy atom. The minimum atomic E-state index is 0. The molecule has 0 aromatic carbocycles. The average Bonchev–Trinajstić information content (AvgIpc) is 3.26. The predicted octanol–water partition coefficient (Wildman–Crippen LogP) is 2.60. The smallest absolute Gasteiger partial charge is 0.241 e. The lowest BCUT2D eigenvalue weighted by molar-refractivity contribution is -0.130. The third kappa shape index (κ3) is 6.65. The van der Waals surface area contributed by atoms with Gasteiger partial charge in [-0.05, 0) is 57.3 Å². The van der Waals surface area contributed by atoms with Crippen LogP contribution in [0.5, 0.6) is 0 Å². The monoisotopic (exact) mass is 503 g/mol. The van der Waals surface area contributed by atoms with Gasteiger partial charge in [0.15, 0.2) is 5.96 Å². The Bertz CT molecular complexity index is 596. The Morgan fingerprint density at radius 2 is 1.79 bits per heavy atom. The number of aliphatic imine (C=N–C) groups is 1. The Morgan fingerprint density at radius 1 is 1.11 bits per heavy atom. The summed E-state index contributed by atoms with van der Waals surface area (Å²) in [5.74, 6) is 1.79. The molecule has 2 aliphatic heterocycles. The first kappa shape index (κ1) is 23.0. The predicted molar refractivity (Wildman–Crippen MR) is 122 cm³/mol. The third-order valence-electron chi connectivity index (χ3n) is 5.51. The molecule has 1 aromatic heterocycles. The molecular formula is C20H34IN5O2. The number of hydrogen-bond donors (Lipinski definition) is 2. The number of amides is 1. The molecule has 1 amide bonds. The molecule has 1 aromatic rings. The number of halogens is 1. The minimum absolute atomic E-state index is 0. The van der Waals surface area contributed by atoms with Crippen molar-refractivity contribution >= 4 is 35.8 Å². The highest BCUT2D eigenvalue weighted by atomic mass is 127. The van der Waals surface area contributed by atoms with Crippen molar-refractivity contribution < 1.29 is 9.21 Å². The summed E-state index contributed by atoms with van der Waals surface area (Å²) in [4.78, 5) is 21.0. The molecule has 0 saturated carbocycles. The Hall–Kier alpha value is -1.29. The molecular weight excluding hydrogens is 469 g/mol. The van der Waals surface area contributed by atoms with Crippen LogP contribution >= 0.6 is 24.0 Å². The number of nitrogens with one attached hydrogen (secondary N) is 2. The summed E-state index contributed by atoms with van der Waals surface area (Å²) in [6.07, 6.45) is 8.94. The van der Waals surface area contributed by atoms with Gasteiger partial charge in [0.05, 0.1) is 18.8 Å². The number of guanidine groups is 1. The molecule has 7 nitrogen and oxygen atoms in total. The van der Waals surface area contributed by atoms with E-state index in [1.54, 1.807) is 13.3 Å². The van der Waals surface area contributed by atoms with Gasteiger partial charge in [0, 0.05) is 26.7 Å². The first-order valence-electron chi connectivity index (χ1n) is 10.3. The summed E-state index contributed by atoms with van der Waals surface area (Å²) >= 11 is 0. The number of piperidine rings is 2. The molecule has 2 aliphatic rings. The quantitative estimate of drug-likeness (QED) is 0.355. The number of rotatable bonds is 6. The van der Waals surface area contributed by atoms with Crippen molar-refractivity contribution in [1.29, 1.82) is 0 Å². The van der Waals surface area contributed by atoms with E-state index in [4.69, 9.17) is 4.42 Å². The fourth-order valence-electron chi connectivity index (χ4n) is 3.95. The van der Waals surface area contributed by atoms with E-state index in [9.17, 15) is 4.79 Å². The van der Waals surface area contributed by atoms with E-state index in [0.717, 1.165) is 44.8 Å². The maximum Gasteiger partial charge on any atom is 0.241 e. The lowest BCUT2D eigenvalue weighted by Crippen LogP contribution is -2.48. The van der Waals surface area contributed by atoms with E-state index >= 15 is 0 Å². The summed E-state index contributed by atoms with van der Waals surface area (Å²) in [5.41, 5.74) is 0. The van der Waals surface area contributed by atoms with Crippen molar-refractivity contribution in [1.82, 2.24) is 20.4 Å². The van der Waals surface area contributed by atoms with E-state index in [1.165, 1.54) is 25.7 Å². The molecule has 158 valence electrons. The van der Waals surface area contributed by atoms with Crippen LogP contribution < -0.4 is 10.6 Å². The number of furan rings is 1. The molecule has 3 rings (SSSR count). The topological polar surface area (TPSA) is 73.1 Å². The van der Waals surface area contributed by atoms with Gasteiger partial charge >= 0.3 is 0 Å². The summed E-state index contributed by atoms with van der Waals surface area (Å²) < 4.78 is 5.69. The highest BCUT2D eigenvalue weighted by molar-refractivity contribution is 14.0. The van der Waals surface area contributed by atoms with Gasteiger partial charge in [-0.2, -0.15) is 0 Å². The van der Waals surface area contributed by atoms with Gasteiger partial charge in [-0.15, -0.1) is 24.0 Å². The van der Waals surface area contributed by atoms with Gasteiger partial charge < -0.3 is 20.0 Å². The van der Waals surface area contributed by atoms with Crippen molar-refractivity contribution in [3.63, 3.8) is 0 Å². The van der Waals surface area contributed by atoms with Gasteiger partial charge in [-0.1, -0.05) is 6.42 Å². The zero-order valence-electron chi connectivity index (χ0n) is 16.9. The summed E-state index contributed by atoms with van der Waals surface area (Å²) in [6.45, 7) is 4.92. The van der Waals surface area contributed by atoms with Crippen LogP contribution in [0.4, 0.5) is 0 Å². The molecule has 0 bridgehead atoms. The van der Waals surface area contributed by atoms with Crippen LogP contribution in [0.2, 0.25) is 0 Å². The molecule has 28 heavy (non-hydrogen) atoms. The normalized spacial score (nSPS) is 19.6. The number of hydrogen-bond acceptors (Lipinski definition) is 4. The van der Waals surface area contributed by atoms with E-state index in [2.05, 4.69) is 20.5 Å². The lowest BCUT2D eigenvalue weighted by Gasteiger charge is -2.33. The van der Waals surface area contributed by atoms with E-state index < -0.39 is 0 Å². The van der Waals surface area contributed by atoms with Crippen LogP contribution in [0.15, 0.2) is 27.8 Å². The summed E-state index contributed by atoms with van der Waals surface area (Å²) in [7, 11) is 1.74. The Balaban J connectivity index is 0.00000280. The average molecular weight is 503 g/mol.